The van der Waals surface area contributed by atoms with Crippen LogP contribution in [-0.4, -0.2) is 40.7 Å². The number of hydrogen-bond acceptors (Lipinski definition) is 5. The summed E-state index contributed by atoms with van der Waals surface area (Å²) >= 11 is 0. The Kier molecular flexibility index (Phi) is 5.96. The summed E-state index contributed by atoms with van der Waals surface area (Å²) in [6, 6.07) is 9.00. The Morgan fingerprint density at radius 1 is 1.03 bits per heavy atom. The molecule has 3 amide bonds. The average Bonchev–Trinajstić information content (AvgIpc) is 2.98. The van der Waals surface area contributed by atoms with E-state index in [9.17, 15) is 23.6 Å². The maximum Gasteiger partial charge on any atom is 0.338 e. The number of carbonyl (C=O) groups excluding carboxylic acids is 4. The number of imide groups is 1. The molecule has 0 saturated heterocycles. The molecule has 2 aromatic rings. The summed E-state index contributed by atoms with van der Waals surface area (Å²) in [5, 5.41) is 2.52. The van der Waals surface area contributed by atoms with E-state index < -0.39 is 35.6 Å². The lowest BCUT2D eigenvalue weighted by atomic mass is 10.1. The zero-order valence-corrected chi connectivity index (χ0v) is 16.8. The van der Waals surface area contributed by atoms with Gasteiger partial charge in [-0.1, -0.05) is 6.92 Å². The van der Waals surface area contributed by atoms with Gasteiger partial charge in [0.2, 0.25) is 0 Å². The SMILES string of the molecule is CCC(C)N1C(=O)c2ccc(C(=O)OC(C)C(=O)Nc3ccc(F)cc3)cc2C1=O. The highest BCUT2D eigenvalue weighted by Crippen LogP contribution is 2.27. The van der Waals surface area contributed by atoms with Crippen molar-refractivity contribution in [3.05, 3.63) is 65.0 Å². The largest absolute Gasteiger partial charge is 0.449 e. The second kappa shape index (κ2) is 8.44. The molecule has 0 aromatic heterocycles. The Bertz CT molecular complexity index is 1020. The highest BCUT2D eigenvalue weighted by Gasteiger charge is 2.38. The topological polar surface area (TPSA) is 92.8 Å². The first kappa shape index (κ1) is 21.2. The Balaban J connectivity index is 1.70. The van der Waals surface area contributed by atoms with E-state index in [4.69, 9.17) is 4.74 Å². The van der Waals surface area contributed by atoms with Gasteiger partial charge >= 0.3 is 5.97 Å². The van der Waals surface area contributed by atoms with Gasteiger partial charge < -0.3 is 10.1 Å². The van der Waals surface area contributed by atoms with E-state index in [1.54, 1.807) is 6.92 Å². The second-order valence-electron chi connectivity index (χ2n) is 7.04. The Morgan fingerprint density at radius 2 is 1.67 bits per heavy atom. The van der Waals surface area contributed by atoms with Crippen LogP contribution in [0, 0.1) is 5.82 Å². The third-order valence-electron chi connectivity index (χ3n) is 4.95. The van der Waals surface area contributed by atoms with Crippen LogP contribution in [0.25, 0.3) is 0 Å². The summed E-state index contributed by atoms with van der Waals surface area (Å²) in [4.78, 5) is 50.9. The number of hydrogen-bond donors (Lipinski definition) is 1. The standard InChI is InChI=1S/C22H21FN2O5/c1-4-12(2)25-20(27)17-10-5-14(11-18(17)21(25)28)22(29)30-13(3)19(26)24-16-8-6-15(23)7-9-16/h5-13H,4H2,1-3H3,(H,24,26). The number of carbonyl (C=O) groups is 4. The number of nitrogens with one attached hydrogen (secondary N) is 1. The van der Waals surface area contributed by atoms with Crippen molar-refractivity contribution in [2.75, 3.05) is 5.32 Å². The molecule has 0 saturated carbocycles. The van der Waals surface area contributed by atoms with E-state index in [2.05, 4.69) is 5.32 Å². The minimum absolute atomic E-state index is 0.0577. The summed E-state index contributed by atoms with van der Waals surface area (Å²) in [7, 11) is 0. The number of rotatable bonds is 6. The lowest BCUT2D eigenvalue weighted by Crippen LogP contribution is -2.37. The smallest absolute Gasteiger partial charge is 0.338 e. The average molecular weight is 412 g/mol. The summed E-state index contributed by atoms with van der Waals surface area (Å²) in [6.45, 7) is 5.04. The number of anilines is 1. The second-order valence-corrected chi connectivity index (χ2v) is 7.04. The van der Waals surface area contributed by atoms with Gasteiger partial charge in [-0.3, -0.25) is 19.3 Å². The van der Waals surface area contributed by atoms with Crippen molar-refractivity contribution in [2.24, 2.45) is 0 Å². The van der Waals surface area contributed by atoms with Gasteiger partial charge in [-0.25, -0.2) is 9.18 Å². The van der Waals surface area contributed by atoms with Gasteiger partial charge in [-0.15, -0.1) is 0 Å². The van der Waals surface area contributed by atoms with Gasteiger partial charge in [0.15, 0.2) is 6.10 Å². The van der Waals surface area contributed by atoms with Crippen molar-refractivity contribution in [3.8, 4) is 0 Å². The van der Waals surface area contributed by atoms with Crippen molar-refractivity contribution >= 4 is 29.4 Å². The van der Waals surface area contributed by atoms with Crippen molar-refractivity contribution < 1.29 is 28.3 Å². The van der Waals surface area contributed by atoms with Gasteiger partial charge in [-0.2, -0.15) is 0 Å². The Hall–Kier alpha value is -3.55. The van der Waals surface area contributed by atoms with E-state index in [-0.39, 0.29) is 22.7 Å². The number of nitrogens with zero attached hydrogens (tertiary/aromatic N) is 1. The van der Waals surface area contributed by atoms with Crippen LogP contribution in [0.4, 0.5) is 10.1 Å². The van der Waals surface area contributed by atoms with Crippen molar-refractivity contribution in [3.63, 3.8) is 0 Å². The van der Waals surface area contributed by atoms with Crippen molar-refractivity contribution in [1.29, 1.82) is 0 Å². The summed E-state index contributed by atoms with van der Waals surface area (Å²) < 4.78 is 18.1. The first-order chi connectivity index (χ1) is 14.2. The molecular weight excluding hydrogens is 391 g/mol. The van der Waals surface area contributed by atoms with E-state index in [0.717, 1.165) is 0 Å². The van der Waals surface area contributed by atoms with Crippen LogP contribution >= 0.6 is 0 Å². The predicted molar refractivity (Wildman–Crippen MR) is 107 cm³/mol. The minimum atomic E-state index is -1.13. The van der Waals surface area contributed by atoms with Gasteiger partial charge in [0, 0.05) is 11.7 Å². The maximum atomic E-state index is 12.9. The summed E-state index contributed by atoms with van der Waals surface area (Å²) in [5.74, 6) is -2.69. The zero-order chi connectivity index (χ0) is 22.0. The van der Waals surface area contributed by atoms with Gasteiger partial charge in [0.1, 0.15) is 5.82 Å². The van der Waals surface area contributed by atoms with Crippen molar-refractivity contribution in [1.82, 2.24) is 4.90 Å². The molecule has 1 heterocycles. The predicted octanol–water partition coefficient (Wildman–Crippen LogP) is 3.40. The van der Waals surface area contributed by atoms with Crippen LogP contribution in [-0.2, 0) is 9.53 Å². The van der Waals surface area contributed by atoms with Crippen LogP contribution in [0.2, 0.25) is 0 Å². The van der Waals surface area contributed by atoms with E-state index in [1.807, 2.05) is 6.92 Å². The summed E-state index contributed by atoms with van der Waals surface area (Å²) in [6.07, 6.45) is -0.522. The first-order valence-electron chi connectivity index (χ1n) is 9.52. The molecule has 1 aliphatic heterocycles. The van der Waals surface area contributed by atoms with Gasteiger partial charge in [0.05, 0.1) is 16.7 Å². The van der Waals surface area contributed by atoms with Gasteiger partial charge in [-0.05, 0) is 62.7 Å². The van der Waals surface area contributed by atoms with Crippen molar-refractivity contribution in [2.45, 2.75) is 39.3 Å². The highest BCUT2D eigenvalue weighted by atomic mass is 19.1. The lowest BCUT2D eigenvalue weighted by Gasteiger charge is -2.20. The molecule has 0 aliphatic carbocycles. The molecule has 0 spiro atoms. The third kappa shape index (κ3) is 4.07. The van der Waals surface area contributed by atoms with E-state index >= 15 is 0 Å². The molecule has 7 nitrogen and oxygen atoms in total. The lowest BCUT2D eigenvalue weighted by molar-refractivity contribution is -0.123. The molecule has 2 atom stereocenters. The molecule has 0 fully saturated rings. The molecule has 8 heteroatoms. The molecule has 2 unspecified atom stereocenters. The molecule has 1 aliphatic rings. The summed E-state index contributed by atoms with van der Waals surface area (Å²) in [5.41, 5.74) is 0.788. The highest BCUT2D eigenvalue weighted by molar-refractivity contribution is 6.22. The molecular formula is C22H21FN2O5. The first-order valence-corrected chi connectivity index (χ1v) is 9.52. The monoisotopic (exact) mass is 412 g/mol. The Morgan fingerprint density at radius 3 is 2.30 bits per heavy atom. The molecule has 1 N–H and O–H groups in total. The number of fused-ring (bicyclic) bond motifs is 1. The fourth-order valence-corrected chi connectivity index (χ4v) is 3.03. The van der Waals surface area contributed by atoms with Crippen LogP contribution in [0.5, 0.6) is 0 Å². The molecule has 0 bridgehead atoms. The molecule has 0 radical (unpaired) electrons. The fourth-order valence-electron chi connectivity index (χ4n) is 3.03. The molecule has 2 aromatic carbocycles. The minimum Gasteiger partial charge on any atom is -0.449 e. The van der Waals surface area contributed by atoms with Crippen LogP contribution < -0.4 is 5.32 Å². The van der Waals surface area contributed by atoms with E-state index in [0.29, 0.717) is 12.1 Å². The quantitative estimate of drug-likeness (QED) is 0.580. The van der Waals surface area contributed by atoms with E-state index in [1.165, 1.54) is 54.3 Å². The zero-order valence-electron chi connectivity index (χ0n) is 16.8. The Labute approximate surface area is 172 Å². The molecule has 30 heavy (non-hydrogen) atoms. The van der Waals surface area contributed by atoms with Crippen LogP contribution in [0.3, 0.4) is 0 Å². The number of ether oxygens (including phenoxy) is 1. The number of halogens is 1. The fraction of sp³-hybridized carbons (Fsp3) is 0.273. The van der Waals surface area contributed by atoms with Crippen LogP contribution in [0.15, 0.2) is 42.5 Å². The maximum absolute atomic E-state index is 12.9. The number of amides is 3. The third-order valence-corrected chi connectivity index (χ3v) is 4.95. The number of esters is 1. The van der Waals surface area contributed by atoms with Gasteiger partial charge in [0.25, 0.3) is 17.7 Å². The van der Waals surface area contributed by atoms with Crippen LogP contribution in [0.1, 0.15) is 58.3 Å². The number of benzene rings is 2. The normalized spacial score (nSPS) is 14.9. The molecule has 3 rings (SSSR count). The molecule has 156 valence electrons.